The molecule has 1 aromatic carbocycles. The zero-order valence-corrected chi connectivity index (χ0v) is 11.6. The SMILES string of the molecule is CCC(=O)Nc1cccc(NC(=O)c2nonc2N)c1C. The van der Waals surface area contributed by atoms with Gasteiger partial charge in [-0.15, -0.1) is 0 Å². The van der Waals surface area contributed by atoms with Gasteiger partial charge in [0, 0.05) is 17.8 Å². The van der Waals surface area contributed by atoms with Crippen LogP contribution in [0.3, 0.4) is 0 Å². The van der Waals surface area contributed by atoms with E-state index < -0.39 is 5.91 Å². The molecule has 2 aromatic rings. The number of nitrogens with one attached hydrogen (secondary N) is 2. The van der Waals surface area contributed by atoms with Crippen molar-refractivity contribution in [3.63, 3.8) is 0 Å². The quantitative estimate of drug-likeness (QED) is 0.784. The van der Waals surface area contributed by atoms with E-state index in [0.29, 0.717) is 17.8 Å². The van der Waals surface area contributed by atoms with Crippen LogP contribution in [0, 0.1) is 6.92 Å². The van der Waals surface area contributed by atoms with Gasteiger partial charge in [0.25, 0.3) is 5.91 Å². The molecule has 110 valence electrons. The molecule has 0 bridgehead atoms. The topological polar surface area (TPSA) is 123 Å². The minimum atomic E-state index is -0.532. The standard InChI is InChI=1S/C13H15N5O3/c1-3-10(19)15-8-5-4-6-9(7(8)2)16-13(20)11-12(14)18-21-17-11/h4-6H,3H2,1-2H3,(H2,14,18)(H,15,19)(H,16,20). The summed E-state index contributed by atoms with van der Waals surface area (Å²) < 4.78 is 4.38. The van der Waals surface area contributed by atoms with Crippen molar-refractivity contribution in [2.75, 3.05) is 16.4 Å². The molecule has 2 rings (SSSR count). The molecule has 0 aliphatic carbocycles. The Morgan fingerprint density at radius 3 is 2.48 bits per heavy atom. The van der Waals surface area contributed by atoms with E-state index in [2.05, 4.69) is 25.6 Å². The predicted octanol–water partition coefficient (Wildman–Crippen LogP) is 1.56. The van der Waals surface area contributed by atoms with Crippen LogP contribution in [0.1, 0.15) is 29.4 Å². The summed E-state index contributed by atoms with van der Waals surface area (Å²) in [6, 6.07) is 5.18. The molecule has 0 radical (unpaired) electrons. The molecule has 1 heterocycles. The van der Waals surface area contributed by atoms with Crippen LogP contribution in [0.4, 0.5) is 17.2 Å². The van der Waals surface area contributed by atoms with Crippen molar-refractivity contribution in [2.45, 2.75) is 20.3 Å². The van der Waals surface area contributed by atoms with Crippen LogP contribution >= 0.6 is 0 Å². The fourth-order valence-corrected chi connectivity index (χ4v) is 1.68. The van der Waals surface area contributed by atoms with Crippen molar-refractivity contribution in [3.8, 4) is 0 Å². The van der Waals surface area contributed by atoms with Crippen molar-refractivity contribution in [1.82, 2.24) is 10.3 Å². The summed E-state index contributed by atoms with van der Waals surface area (Å²) in [7, 11) is 0. The normalized spacial score (nSPS) is 10.2. The van der Waals surface area contributed by atoms with Crippen molar-refractivity contribution in [3.05, 3.63) is 29.5 Å². The molecule has 8 nitrogen and oxygen atoms in total. The molecular weight excluding hydrogens is 274 g/mol. The van der Waals surface area contributed by atoms with E-state index in [0.717, 1.165) is 5.56 Å². The highest BCUT2D eigenvalue weighted by Crippen LogP contribution is 2.24. The first-order valence-electron chi connectivity index (χ1n) is 6.31. The summed E-state index contributed by atoms with van der Waals surface area (Å²) in [4.78, 5) is 23.4. The maximum atomic E-state index is 12.0. The zero-order chi connectivity index (χ0) is 15.4. The molecule has 0 unspecified atom stereocenters. The van der Waals surface area contributed by atoms with Gasteiger partial charge in [0.2, 0.25) is 17.4 Å². The molecule has 2 amide bonds. The average molecular weight is 289 g/mol. The smallest absolute Gasteiger partial charge is 0.281 e. The third-order valence-electron chi connectivity index (χ3n) is 2.91. The molecule has 8 heteroatoms. The zero-order valence-electron chi connectivity index (χ0n) is 11.6. The van der Waals surface area contributed by atoms with Gasteiger partial charge in [-0.3, -0.25) is 9.59 Å². The number of amides is 2. The van der Waals surface area contributed by atoms with Crippen LogP contribution in [0.15, 0.2) is 22.8 Å². The molecule has 0 aliphatic heterocycles. The van der Waals surface area contributed by atoms with E-state index in [1.54, 1.807) is 32.0 Å². The number of hydrogen-bond acceptors (Lipinski definition) is 6. The average Bonchev–Trinajstić information content (AvgIpc) is 2.89. The van der Waals surface area contributed by atoms with Gasteiger partial charge in [-0.05, 0) is 34.9 Å². The van der Waals surface area contributed by atoms with Crippen LogP contribution in [0.2, 0.25) is 0 Å². The number of rotatable bonds is 4. The molecule has 0 aliphatic rings. The Morgan fingerprint density at radius 1 is 1.24 bits per heavy atom. The van der Waals surface area contributed by atoms with E-state index >= 15 is 0 Å². The third kappa shape index (κ3) is 3.16. The molecule has 1 aromatic heterocycles. The van der Waals surface area contributed by atoms with E-state index in [-0.39, 0.29) is 17.4 Å². The Balaban J connectivity index is 2.21. The van der Waals surface area contributed by atoms with Gasteiger partial charge in [0.15, 0.2) is 0 Å². The minimum absolute atomic E-state index is 0.0828. The van der Waals surface area contributed by atoms with E-state index in [1.807, 2.05) is 0 Å². The monoisotopic (exact) mass is 289 g/mol. The van der Waals surface area contributed by atoms with Gasteiger partial charge >= 0.3 is 0 Å². The summed E-state index contributed by atoms with van der Waals surface area (Å²) in [6.07, 6.45) is 0.372. The molecule has 0 spiro atoms. The van der Waals surface area contributed by atoms with E-state index in [4.69, 9.17) is 5.73 Å². The summed E-state index contributed by atoms with van der Waals surface area (Å²) >= 11 is 0. The van der Waals surface area contributed by atoms with Gasteiger partial charge in [-0.2, -0.15) is 0 Å². The number of benzene rings is 1. The lowest BCUT2D eigenvalue weighted by Crippen LogP contribution is -2.16. The maximum Gasteiger partial charge on any atom is 0.281 e. The number of anilines is 3. The van der Waals surface area contributed by atoms with Crippen LogP contribution in [0.5, 0.6) is 0 Å². The van der Waals surface area contributed by atoms with Crippen LogP contribution in [0.25, 0.3) is 0 Å². The molecule has 0 atom stereocenters. The van der Waals surface area contributed by atoms with Crippen LogP contribution in [-0.2, 0) is 4.79 Å². The Hall–Kier alpha value is -2.90. The number of nitrogen functional groups attached to an aromatic ring is 1. The summed E-state index contributed by atoms with van der Waals surface area (Å²) in [5.41, 5.74) is 7.27. The first kappa shape index (κ1) is 14.5. The van der Waals surface area contributed by atoms with Gasteiger partial charge in [-0.1, -0.05) is 13.0 Å². The Kier molecular flexibility index (Phi) is 4.17. The number of nitrogens with two attached hydrogens (primary N) is 1. The summed E-state index contributed by atoms with van der Waals surface area (Å²) in [6.45, 7) is 3.54. The minimum Gasteiger partial charge on any atom is -0.379 e. The second kappa shape index (κ2) is 6.04. The number of carbonyl (C=O) groups excluding carboxylic acids is 2. The van der Waals surface area contributed by atoms with Crippen molar-refractivity contribution in [1.29, 1.82) is 0 Å². The van der Waals surface area contributed by atoms with Gasteiger partial charge in [0.05, 0.1) is 0 Å². The Bertz CT molecular complexity index is 680. The number of nitrogens with zero attached hydrogens (tertiary/aromatic N) is 2. The van der Waals surface area contributed by atoms with Crippen molar-refractivity contribution in [2.24, 2.45) is 0 Å². The summed E-state index contributed by atoms with van der Waals surface area (Å²) in [5, 5.41) is 12.2. The lowest BCUT2D eigenvalue weighted by molar-refractivity contribution is -0.115. The second-order valence-corrected chi connectivity index (χ2v) is 4.33. The van der Waals surface area contributed by atoms with Crippen LogP contribution in [-0.4, -0.2) is 22.1 Å². The number of aromatic nitrogens is 2. The fraction of sp³-hybridized carbons (Fsp3) is 0.231. The van der Waals surface area contributed by atoms with Gasteiger partial charge in [0.1, 0.15) is 0 Å². The molecule has 0 fully saturated rings. The van der Waals surface area contributed by atoms with Crippen LogP contribution < -0.4 is 16.4 Å². The molecule has 0 saturated heterocycles. The largest absolute Gasteiger partial charge is 0.379 e. The molecular formula is C13H15N5O3. The van der Waals surface area contributed by atoms with E-state index in [1.165, 1.54) is 0 Å². The second-order valence-electron chi connectivity index (χ2n) is 4.33. The highest BCUT2D eigenvalue weighted by atomic mass is 16.6. The Morgan fingerprint density at radius 2 is 1.90 bits per heavy atom. The first-order valence-corrected chi connectivity index (χ1v) is 6.31. The Labute approximate surface area is 120 Å². The maximum absolute atomic E-state index is 12.0. The first-order chi connectivity index (χ1) is 10.0. The van der Waals surface area contributed by atoms with Crippen molar-refractivity contribution >= 4 is 29.0 Å². The lowest BCUT2D eigenvalue weighted by Gasteiger charge is -2.12. The predicted molar refractivity (Wildman–Crippen MR) is 76.8 cm³/mol. The highest BCUT2D eigenvalue weighted by molar-refractivity contribution is 6.06. The van der Waals surface area contributed by atoms with Gasteiger partial charge in [-0.25, -0.2) is 4.63 Å². The number of hydrogen-bond donors (Lipinski definition) is 3. The molecule has 4 N–H and O–H groups in total. The number of carbonyl (C=O) groups is 2. The third-order valence-corrected chi connectivity index (χ3v) is 2.91. The molecule has 21 heavy (non-hydrogen) atoms. The van der Waals surface area contributed by atoms with Gasteiger partial charge < -0.3 is 16.4 Å². The fourth-order valence-electron chi connectivity index (χ4n) is 1.68. The molecule has 0 saturated carbocycles. The van der Waals surface area contributed by atoms with E-state index in [9.17, 15) is 9.59 Å². The van der Waals surface area contributed by atoms with Crippen molar-refractivity contribution < 1.29 is 14.2 Å². The summed E-state index contributed by atoms with van der Waals surface area (Å²) in [5.74, 6) is -0.720. The highest BCUT2D eigenvalue weighted by Gasteiger charge is 2.17. The lowest BCUT2D eigenvalue weighted by atomic mass is 10.1.